The molecule has 0 saturated heterocycles. The lowest BCUT2D eigenvalue weighted by Crippen LogP contribution is -2.40. The van der Waals surface area contributed by atoms with Crippen molar-refractivity contribution in [3.63, 3.8) is 0 Å². The fraction of sp³-hybridized carbons (Fsp3) is 0.300. The number of nitrogens with zero attached hydrogens (tertiary/aromatic N) is 2. The number of sulfonamides is 1. The van der Waals surface area contributed by atoms with Crippen LogP contribution in [0.5, 0.6) is 5.75 Å². The summed E-state index contributed by atoms with van der Waals surface area (Å²) in [5.74, 6) is -0.507. The molecular weight excluding hydrogens is 430 g/mol. The van der Waals surface area contributed by atoms with Gasteiger partial charge in [-0.25, -0.2) is 13.2 Å². The fourth-order valence-electron chi connectivity index (χ4n) is 2.42. The van der Waals surface area contributed by atoms with Crippen molar-refractivity contribution in [2.45, 2.75) is 24.8 Å². The second-order valence-electron chi connectivity index (χ2n) is 6.85. The van der Waals surface area contributed by atoms with Crippen LogP contribution < -0.4 is 15.0 Å². The summed E-state index contributed by atoms with van der Waals surface area (Å²) in [4.78, 5) is 25.7. The van der Waals surface area contributed by atoms with Gasteiger partial charge >= 0.3 is 12.0 Å². The number of nitrogens with one attached hydrogen (secondary N) is 1. The summed E-state index contributed by atoms with van der Waals surface area (Å²) < 4.78 is 31.2. The molecule has 0 aromatic heterocycles. The van der Waals surface area contributed by atoms with Crippen LogP contribution in [0.1, 0.15) is 13.8 Å². The van der Waals surface area contributed by atoms with Crippen LogP contribution in [-0.2, 0) is 14.8 Å². The lowest BCUT2D eigenvalue weighted by molar-refractivity contribution is -0.134. The van der Waals surface area contributed by atoms with E-state index in [9.17, 15) is 18.0 Å². The number of urea groups is 1. The molecule has 2 aromatic rings. The number of amides is 2. The van der Waals surface area contributed by atoms with Crippen molar-refractivity contribution in [2.24, 2.45) is 0 Å². The van der Waals surface area contributed by atoms with Crippen LogP contribution in [0.15, 0.2) is 53.4 Å². The minimum atomic E-state index is -3.86. The number of hydrogen-bond donors (Lipinski definition) is 1. The van der Waals surface area contributed by atoms with Gasteiger partial charge in [0.1, 0.15) is 12.3 Å². The fourth-order valence-corrected chi connectivity index (χ4v) is 3.66. The summed E-state index contributed by atoms with van der Waals surface area (Å²) in [6, 6.07) is 11.7. The largest absolute Gasteiger partial charge is 0.426 e. The number of esters is 1. The Bertz CT molecular complexity index is 992. The third kappa shape index (κ3) is 6.19. The Morgan fingerprint density at radius 2 is 1.60 bits per heavy atom. The summed E-state index contributed by atoms with van der Waals surface area (Å²) >= 11 is 5.78. The van der Waals surface area contributed by atoms with Crippen molar-refractivity contribution in [3.05, 3.63) is 53.6 Å². The molecule has 1 N–H and O–H groups in total. The van der Waals surface area contributed by atoms with Gasteiger partial charge in [0.15, 0.2) is 0 Å². The average molecular weight is 454 g/mol. The number of rotatable bonds is 7. The van der Waals surface area contributed by atoms with Crippen LogP contribution in [0.3, 0.4) is 0 Å². The number of likely N-dealkylation sites (N-methyl/N-ethyl adjacent to an activating group) is 1. The predicted molar refractivity (Wildman–Crippen MR) is 115 cm³/mol. The zero-order valence-electron chi connectivity index (χ0n) is 17.1. The maximum absolute atomic E-state index is 12.5. The molecule has 0 heterocycles. The third-order valence-corrected chi connectivity index (χ3v) is 6.12. The molecule has 0 radical (unpaired) electrons. The van der Waals surface area contributed by atoms with Gasteiger partial charge in [-0.15, -0.1) is 0 Å². The Labute approximate surface area is 181 Å². The number of anilines is 1. The van der Waals surface area contributed by atoms with E-state index in [0.717, 1.165) is 4.31 Å². The Kier molecular flexibility index (Phi) is 7.83. The average Bonchev–Trinajstić information content (AvgIpc) is 2.67. The monoisotopic (exact) mass is 453 g/mol. The standard InChI is InChI=1S/C20H24ClN3O5S/c1-14(2)22-20(26)24(4)16-7-9-17(10-8-16)29-19(25)13-23(3)30(27,28)18-11-5-15(21)6-12-18/h5-12,14H,13H2,1-4H3,(H,22,26). The predicted octanol–water partition coefficient (Wildman–Crippen LogP) is 3.12. The summed E-state index contributed by atoms with van der Waals surface area (Å²) in [6.07, 6.45) is 0. The Morgan fingerprint density at radius 3 is 2.13 bits per heavy atom. The maximum atomic E-state index is 12.5. The van der Waals surface area contributed by atoms with E-state index in [1.54, 1.807) is 19.2 Å². The molecule has 0 aliphatic heterocycles. The minimum Gasteiger partial charge on any atom is -0.426 e. The highest BCUT2D eigenvalue weighted by Crippen LogP contribution is 2.20. The first kappa shape index (κ1) is 23.7. The van der Waals surface area contributed by atoms with E-state index in [-0.39, 0.29) is 22.7 Å². The van der Waals surface area contributed by atoms with Crippen LogP contribution in [0.2, 0.25) is 5.02 Å². The Morgan fingerprint density at radius 1 is 1.03 bits per heavy atom. The van der Waals surface area contributed by atoms with Gasteiger partial charge in [0.05, 0.1) is 4.90 Å². The second-order valence-corrected chi connectivity index (χ2v) is 9.33. The van der Waals surface area contributed by atoms with E-state index in [1.165, 1.54) is 48.3 Å². The molecule has 0 saturated carbocycles. The van der Waals surface area contributed by atoms with E-state index in [1.807, 2.05) is 13.8 Å². The highest BCUT2D eigenvalue weighted by Gasteiger charge is 2.24. The van der Waals surface area contributed by atoms with Gasteiger partial charge in [-0.2, -0.15) is 4.31 Å². The molecule has 162 valence electrons. The molecule has 10 heteroatoms. The SMILES string of the molecule is CC(C)NC(=O)N(C)c1ccc(OC(=O)CN(C)S(=O)(=O)c2ccc(Cl)cc2)cc1. The molecule has 0 fully saturated rings. The summed E-state index contributed by atoms with van der Waals surface area (Å²) in [6.45, 7) is 3.25. The van der Waals surface area contributed by atoms with Gasteiger partial charge in [0.25, 0.3) is 0 Å². The van der Waals surface area contributed by atoms with Crippen molar-refractivity contribution in [1.29, 1.82) is 0 Å². The summed E-state index contributed by atoms with van der Waals surface area (Å²) in [7, 11) is -0.949. The van der Waals surface area contributed by atoms with Crippen LogP contribution in [0.4, 0.5) is 10.5 Å². The molecule has 2 amide bonds. The molecule has 0 aliphatic carbocycles. The Hall–Kier alpha value is -2.62. The minimum absolute atomic E-state index is 0.00122. The first-order chi connectivity index (χ1) is 14.0. The van der Waals surface area contributed by atoms with E-state index in [4.69, 9.17) is 16.3 Å². The van der Waals surface area contributed by atoms with Crippen LogP contribution in [0.25, 0.3) is 0 Å². The molecule has 2 aromatic carbocycles. The zero-order chi connectivity index (χ0) is 22.5. The topological polar surface area (TPSA) is 96.0 Å². The van der Waals surface area contributed by atoms with Crippen molar-refractivity contribution >= 4 is 39.3 Å². The molecule has 30 heavy (non-hydrogen) atoms. The number of carbonyl (C=O) groups excluding carboxylic acids is 2. The van der Waals surface area contributed by atoms with E-state index >= 15 is 0 Å². The van der Waals surface area contributed by atoms with Gasteiger partial charge in [-0.1, -0.05) is 11.6 Å². The molecule has 0 aliphatic rings. The van der Waals surface area contributed by atoms with Gasteiger partial charge in [0, 0.05) is 30.8 Å². The van der Waals surface area contributed by atoms with Crippen molar-refractivity contribution < 1.29 is 22.7 Å². The first-order valence-corrected chi connectivity index (χ1v) is 10.9. The lowest BCUT2D eigenvalue weighted by Gasteiger charge is -2.20. The molecule has 0 spiro atoms. The molecule has 0 bridgehead atoms. The summed E-state index contributed by atoms with van der Waals surface area (Å²) in [5, 5.41) is 3.18. The van der Waals surface area contributed by atoms with E-state index < -0.39 is 22.5 Å². The number of halogens is 1. The van der Waals surface area contributed by atoms with Crippen molar-refractivity contribution in [3.8, 4) is 5.75 Å². The number of ether oxygens (including phenoxy) is 1. The van der Waals surface area contributed by atoms with Crippen LogP contribution in [0, 0.1) is 0 Å². The molecule has 0 atom stereocenters. The van der Waals surface area contributed by atoms with E-state index in [0.29, 0.717) is 10.7 Å². The second kappa shape index (κ2) is 9.92. The smallest absolute Gasteiger partial charge is 0.326 e. The highest BCUT2D eigenvalue weighted by atomic mass is 35.5. The lowest BCUT2D eigenvalue weighted by atomic mass is 10.3. The summed E-state index contributed by atoms with van der Waals surface area (Å²) in [5.41, 5.74) is 0.607. The maximum Gasteiger partial charge on any atom is 0.326 e. The molecule has 0 unspecified atom stereocenters. The first-order valence-electron chi connectivity index (χ1n) is 9.07. The molecule has 2 rings (SSSR count). The normalized spacial score (nSPS) is 11.4. The Balaban J connectivity index is 1.99. The van der Waals surface area contributed by atoms with Crippen LogP contribution >= 0.6 is 11.6 Å². The van der Waals surface area contributed by atoms with Gasteiger partial charge < -0.3 is 10.1 Å². The zero-order valence-corrected chi connectivity index (χ0v) is 18.7. The van der Waals surface area contributed by atoms with Gasteiger partial charge in [0.2, 0.25) is 10.0 Å². The van der Waals surface area contributed by atoms with Gasteiger partial charge in [-0.05, 0) is 62.4 Å². The van der Waals surface area contributed by atoms with Crippen molar-refractivity contribution in [1.82, 2.24) is 9.62 Å². The molecule has 8 nitrogen and oxygen atoms in total. The van der Waals surface area contributed by atoms with Crippen LogP contribution in [-0.4, -0.2) is 51.4 Å². The highest BCUT2D eigenvalue weighted by molar-refractivity contribution is 7.89. The van der Waals surface area contributed by atoms with E-state index in [2.05, 4.69) is 5.32 Å². The number of carbonyl (C=O) groups is 2. The number of hydrogen-bond acceptors (Lipinski definition) is 5. The third-order valence-electron chi connectivity index (χ3n) is 4.05. The number of benzene rings is 2. The van der Waals surface area contributed by atoms with Crippen molar-refractivity contribution in [2.75, 3.05) is 25.5 Å². The quantitative estimate of drug-likeness (QED) is 0.513. The van der Waals surface area contributed by atoms with Gasteiger partial charge in [-0.3, -0.25) is 9.69 Å². The molecular formula is C20H24ClN3O5S.